The molecule has 0 saturated carbocycles. The van der Waals surface area contributed by atoms with Crippen molar-refractivity contribution in [3.8, 4) is 17.2 Å². The van der Waals surface area contributed by atoms with Crippen LogP contribution < -0.4 is 14.2 Å². The molecule has 178 valence electrons. The highest BCUT2D eigenvalue weighted by molar-refractivity contribution is 6.17. The van der Waals surface area contributed by atoms with Crippen molar-refractivity contribution in [3.63, 3.8) is 0 Å². The molecular weight excluding hydrogens is 440 g/mol. The van der Waals surface area contributed by atoms with Gasteiger partial charge in [-0.05, 0) is 54.3 Å². The van der Waals surface area contributed by atoms with E-state index in [2.05, 4.69) is 0 Å². The molecular formula is C25H26N2O7. The summed E-state index contributed by atoms with van der Waals surface area (Å²) in [7, 11) is 2.96. The van der Waals surface area contributed by atoms with Crippen molar-refractivity contribution in [1.29, 1.82) is 0 Å². The lowest BCUT2D eigenvalue weighted by Crippen LogP contribution is -2.32. The first-order valence-electron chi connectivity index (χ1n) is 10.9. The minimum absolute atomic E-state index is 0.0285. The smallest absolute Gasteiger partial charge is 0.337 e. The summed E-state index contributed by atoms with van der Waals surface area (Å²) in [6.45, 7) is 1.54. The molecule has 0 bridgehead atoms. The number of aliphatic carboxylic acids is 1. The van der Waals surface area contributed by atoms with E-state index in [1.165, 1.54) is 25.3 Å². The molecule has 9 heteroatoms. The Morgan fingerprint density at radius 2 is 1.71 bits per heavy atom. The summed E-state index contributed by atoms with van der Waals surface area (Å²) < 4.78 is 16.3. The second-order valence-corrected chi connectivity index (χ2v) is 8.05. The number of hydrogen-bond donors (Lipinski definition) is 1. The Labute approximate surface area is 197 Å². The Hall–Kier alpha value is -4.01. The average molecular weight is 466 g/mol. The van der Waals surface area contributed by atoms with Crippen LogP contribution in [-0.4, -0.2) is 66.6 Å². The second-order valence-electron chi connectivity index (χ2n) is 8.05. The van der Waals surface area contributed by atoms with Crippen LogP contribution >= 0.6 is 0 Å². The summed E-state index contributed by atoms with van der Waals surface area (Å²) in [6.07, 6.45) is 3.32. The molecule has 0 radical (unpaired) electrons. The van der Waals surface area contributed by atoms with Gasteiger partial charge in [-0.2, -0.15) is 0 Å². The van der Waals surface area contributed by atoms with Gasteiger partial charge in [-0.3, -0.25) is 9.59 Å². The lowest BCUT2D eigenvalue weighted by Gasteiger charge is -2.27. The molecule has 1 saturated heterocycles. The van der Waals surface area contributed by atoms with Crippen LogP contribution in [0.5, 0.6) is 17.2 Å². The molecule has 2 aromatic rings. The van der Waals surface area contributed by atoms with Crippen LogP contribution in [0.15, 0.2) is 42.6 Å². The van der Waals surface area contributed by atoms with Crippen molar-refractivity contribution in [2.75, 3.05) is 33.9 Å². The van der Waals surface area contributed by atoms with Crippen LogP contribution in [0.1, 0.15) is 34.3 Å². The Kier molecular flexibility index (Phi) is 6.72. The maximum Gasteiger partial charge on any atom is 0.337 e. The van der Waals surface area contributed by atoms with Crippen molar-refractivity contribution in [2.45, 2.75) is 19.4 Å². The highest BCUT2D eigenvalue weighted by atomic mass is 16.5. The van der Waals surface area contributed by atoms with Crippen LogP contribution in [0.25, 0.3) is 5.57 Å². The van der Waals surface area contributed by atoms with Gasteiger partial charge in [0, 0.05) is 24.9 Å². The van der Waals surface area contributed by atoms with Gasteiger partial charge in [-0.1, -0.05) is 6.07 Å². The number of carboxylic acid groups (broad SMARTS) is 1. The summed E-state index contributed by atoms with van der Waals surface area (Å²) in [5.74, 6) is -0.399. The van der Waals surface area contributed by atoms with Gasteiger partial charge in [0.15, 0.2) is 18.1 Å². The standard InChI is InChI=1S/C25H26N2O7/c1-32-21-11-17-13-27(14-20(25(30)31)19(17)12-22(21)33-2)24(29)16-6-5-7-18(10-16)34-15-23(28)26-8-3-4-9-26/h5-7,10-12,14H,3-4,8-9,13,15H2,1-2H3,(H,30,31). The Balaban J connectivity index is 1.55. The summed E-state index contributed by atoms with van der Waals surface area (Å²) in [6, 6.07) is 9.79. The van der Waals surface area contributed by atoms with Crippen molar-refractivity contribution >= 4 is 23.4 Å². The number of ether oxygens (including phenoxy) is 3. The van der Waals surface area contributed by atoms with Crippen LogP contribution in [0.3, 0.4) is 0 Å². The number of fused-ring (bicyclic) bond motifs is 1. The molecule has 0 aromatic heterocycles. The number of benzene rings is 2. The molecule has 2 aromatic carbocycles. The normalized spacial score (nSPS) is 14.8. The fraction of sp³-hybridized carbons (Fsp3) is 0.320. The monoisotopic (exact) mass is 466 g/mol. The Morgan fingerprint density at radius 1 is 1.00 bits per heavy atom. The highest BCUT2D eigenvalue weighted by Crippen LogP contribution is 2.37. The number of nitrogens with zero attached hydrogens (tertiary/aromatic N) is 2. The first-order chi connectivity index (χ1) is 16.4. The number of carbonyl (C=O) groups is 3. The first kappa shape index (κ1) is 23.2. The van der Waals surface area contributed by atoms with E-state index in [9.17, 15) is 19.5 Å². The third kappa shape index (κ3) is 4.68. The molecule has 4 rings (SSSR count). The van der Waals surface area contributed by atoms with Crippen LogP contribution in [0.4, 0.5) is 0 Å². The number of likely N-dealkylation sites (tertiary alicyclic amines) is 1. The van der Waals surface area contributed by atoms with E-state index in [1.54, 1.807) is 41.3 Å². The maximum atomic E-state index is 13.3. The molecule has 2 heterocycles. The number of amides is 2. The van der Waals surface area contributed by atoms with Gasteiger partial charge in [-0.15, -0.1) is 0 Å². The lowest BCUT2D eigenvalue weighted by atomic mass is 9.95. The zero-order chi connectivity index (χ0) is 24.2. The predicted octanol–water partition coefficient (Wildman–Crippen LogP) is 2.79. The number of carbonyl (C=O) groups excluding carboxylic acids is 2. The number of methoxy groups -OCH3 is 2. The SMILES string of the molecule is COc1cc2c(cc1OC)C(C(=O)O)=CN(C(=O)c1cccc(OCC(=O)N3CCCC3)c1)C2. The van der Waals surface area contributed by atoms with Gasteiger partial charge >= 0.3 is 5.97 Å². The van der Waals surface area contributed by atoms with Gasteiger partial charge in [0.1, 0.15) is 5.75 Å². The molecule has 2 aliphatic heterocycles. The van der Waals surface area contributed by atoms with Gasteiger partial charge in [0.2, 0.25) is 0 Å². The quantitative estimate of drug-likeness (QED) is 0.669. The fourth-order valence-electron chi connectivity index (χ4n) is 4.15. The summed E-state index contributed by atoms with van der Waals surface area (Å²) in [4.78, 5) is 40.6. The predicted molar refractivity (Wildman–Crippen MR) is 123 cm³/mol. The molecule has 2 amide bonds. The van der Waals surface area contributed by atoms with Gasteiger partial charge in [-0.25, -0.2) is 4.79 Å². The van der Waals surface area contributed by atoms with Gasteiger partial charge < -0.3 is 29.1 Å². The fourth-order valence-corrected chi connectivity index (χ4v) is 4.15. The van der Waals surface area contributed by atoms with E-state index < -0.39 is 11.9 Å². The van der Waals surface area contributed by atoms with Crippen LogP contribution in [-0.2, 0) is 16.1 Å². The topological polar surface area (TPSA) is 106 Å². The minimum atomic E-state index is -1.16. The molecule has 1 fully saturated rings. The van der Waals surface area contributed by atoms with Crippen molar-refractivity contribution in [3.05, 3.63) is 59.3 Å². The summed E-state index contributed by atoms with van der Waals surface area (Å²) in [5.41, 5.74) is 1.37. The Morgan fingerprint density at radius 3 is 2.38 bits per heavy atom. The summed E-state index contributed by atoms with van der Waals surface area (Å²) >= 11 is 0. The van der Waals surface area contributed by atoms with Crippen molar-refractivity contribution in [2.24, 2.45) is 0 Å². The van der Waals surface area contributed by atoms with E-state index in [0.29, 0.717) is 33.9 Å². The minimum Gasteiger partial charge on any atom is -0.493 e. The third-order valence-corrected chi connectivity index (χ3v) is 5.92. The van der Waals surface area contributed by atoms with Crippen molar-refractivity contribution in [1.82, 2.24) is 9.80 Å². The van der Waals surface area contributed by atoms with E-state index in [0.717, 1.165) is 25.9 Å². The number of hydrogen-bond acceptors (Lipinski definition) is 6. The first-order valence-corrected chi connectivity index (χ1v) is 10.9. The molecule has 34 heavy (non-hydrogen) atoms. The van der Waals surface area contributed by atoms with Crippen LogP contribution in [0, 0.1) is 0 Å². The van der Waals surface area contributed by atoms with E-state index in [-0.39, 0.29) is 24.6 Å². The summed E-state index contributed by atoms with van der Waals surface area (Å²) in [5, 5.41) is 9.77. The van der Waals surface area contributed by atoms with Gasteiger partial charge in [0.25, 0.3) is 11.8 Å². The molecule has 0 unspecified atom stereocenters. The largest absolute Gasteiger partial charge is 0.493 e. The molecule has 1 N–H and O–H groups in total. The molecule has 0 aliphatic carbocycles. The van der Waals surface area contributed by atoms with Gasteiger partial charge in [0.05, 0.1) is 26.3 Å². The molecule has 0 spiro atoms. The molecule has 9 nitrogen and oxygen atoms in total. The van der Waals surface area contributed by atoms with E-state index in [4.69, 9.17) is 14.2 Å². The third-order valence-electron chi connectivity index (χ3n) is 5.92. The number of carboxylic acids is 1. The maximum absolute atomic E-state index is 13.3. The van der Waals surface area contributed by atoms with E-state index in [1.807, 2.05) is 0 Å². The average Bonchev–Trinajstić information content (AvgIpc) is 3.40. The zero-order valence-electron chi connectivity index (χ0n) is 19.1. The number of rotatable bonds is 7. The van der Waals surface area contributed by atoms with Crippen LogP contribution in [0.2, 0.25) is 0 Å². The molecule has 2 aliphatic rings. The molecule has 0 atom stereocenters. The Bertz CT molecular complexity index is 1150. The van der Waals surface area contributed by atoms with E-state index >= 15 is 0 Å². The second kappa shape index (κ2) is 9.86. The lowest BCUT2D eigenvalue weighted by molar-refractivity contribution is -0.132. The highest BCUT2D eigenvalue weighted by Gasteiger charge is 2.28. The van der Waals surface area contributed by atoms with Crippen molar-refractivity contribution < 1.29 is 33.7 Å². The zero-order valence-corrected chi connectivity index (χ0v) is 19.1.